The minimum absolute atomic E-state index is 0.0945. The number of aryl methyl sites for hydroxylation is 2. The van der Waals surface area contributed by atoms with Crippen LogP contribution in [0.25, 0.3) is 0 Å². The molecule has 1 heterocycles. The summed E-state index contributed by atoms with van der Waals surface area (Å²) in [6.45, 7) is 9.99. The first-order valence-corrected chi connectivity index (χ1v) is 10.8. The van der Waals surface area contributed by atoms with Gasteiger partial charge in [0.25, 0.3) is 0 Å². The lowest BCUT2D eigenvalue weighted by molar-refractivity contribution is 0.242. The van der Waals surface area contributed by atoms with Crippen molar-refractivity contribution in [2.75, 3.05) is 31.1 Å². The van der Waals surface area contributed by atoms with Crippen molar-refractivity contribution < 1.29 is 13.2 Å². The number of para-hydroxylation sites is 2. The van der Waals surface area contributed by atoms with Gasteiger partial charge in [0.05, 0.1) is 16.7 Å². The van der Waals surface area contributed by atoms with E-state index in [-0.39, 0.29) is 6.10 Å². The molecule has 27 heavy (non-hydrogen) atoms. The fourth-order valence-electron chi connectivity index (χ4n) is 3.37. The highest BCUT2D eigenvalue weighted by Crippen LogP contribution is 2.31. The van der Waals surface area contributed by atoms with Crippen LogP contribution in [0.3, 0.4) is 0 Å². The summed E-state index contributed by atoms with van der Waals surface area (Å²) >= 11 is 0. The number of rotatable bonds is 5. The summed E-state index contributed by atoms with van der Waals surface area (Å²) in [7, 11) is -3.47. The van der Waals surface area contributed by atoms with Crippen LogP contribution < -0.4 is 9.64 Å². The molecule has 0 bridgehead atoms. The van der Waals surface area contributed by atoms with Gasteiger partial charge in [-0.05, 0) is 57.0 Å². The number of nitrogens with zero attached hydrogens (tertiary/aromatic N) is 2. The van der Waals surface area contributed by atoms with E-state index in [9.17, 15) is 8.42 Å². The Bertz CT molecular complexity index is 901. The Hall–Kier alpha value is -2.05. The smallest absolute Gasteiger partial charge is 0.243 e. The maximum atomic E-state index is 13.1. The highest BCUT2D eigenvalue weighted by atomic mass is 32.2. The normalized spacial score (nSPS) is 16.0. The lowest BCUT2D eigenvalue weighted by Gasteiger charge is -2.36. The van der Waals surface area contributed by atoms with Crippen molar-refractivity contribution in [2.45, 2.75) is 38.7 Å². The van der Waals surface area contributed by atoms with E-state index in [4.69, 9.17) is 4.74 Å². The van der Waals surface area contributed by atoms with E-state index in [2.05, 4.69) is 4.90 Å². The Morgan fingerprint density at radius 3 is 2.30 bits per heavy atom. The summed E-state index contributed by atoms with van der Waals surface area (Å²) in [5, 5.41) is 0. The standard InChI is InChI=1S/C21H28N2O3S/c1-16(2)26-20-8-6-5-7-19(20)22-11-13-23(14-12-22)27(24,25)21-15-17(3)9-10-18(21)4/h5-10,15-16H,11-14H2,1-4H3. The molecule has 146 valence electrons. The zero-order valence-electron chi connectivity index (χ0n) is 16.5. The largest absolute Gasteiger partial charge is 0.489 e. The van der Waals surface area contributed by atoms with Crippen molar-refractivity contribution in [3.8, 4) is 5.75 Å². The van der Waals surface area contributed by atoms with Gasteiger partial charge in [0.15, 0.2) is 0 Å². The number of sulfonamides is 1. The number of hydrogen-bond acceptors (Lipinski definition) is 4. The maximum Gasteiger partial charge on any atom is 0.243 e. The molecule has 0 unspecified atom stereocenters. The average Bonchev–Trinajstić information content (AvgIpc) is 2.64. The second-order valence-corrected chi connectivity index (χ2v) is 9.20. The fraction of sp³-hybridized carbons (Fsp3) is 0.429. The third-order valence-corrected chi connectivity index (χ3v) is 6.81. The fourth-order valence-corrected chi connectivity index (χ4v) is 5.10. The van der Waals surface area contributed by atoms with E-state index >= 15 is 0 Å². The molecule has 1 fully saturated rings. The molecule has 2 aromatic rings. The summed E-state index contributed by atoms with van der Waals surface area (Å²) < 4.78 is 33.7. The molecule has 0 N–H and O–H groups in total. The quantitative estimate of drug-likeness (QED) is 0.785. The summed E-state index contributed by atoms with van der Waals surface area (Å²) in [6, 6.07) is 13.5. The first-order valence-electron chi connectivity index (χ1n) is 9.37. The van der Waals surface area contributed by atoms with Crippen molar-refractivity contribution in [2.24, 2.45) is 0 Å². The number of anilines is 1. The number of piperazine rings is 1. The molecule has 0 spiro atoms. The van der Waals surface area contributed by atoms with Gasteiger partial charge in [-0.2, -0.15) is 4.31 Å². The van der Waals surface area contributed by atoms with E-state index < -0.39 is 10.0 Å². The summed E-state index contributed by atoms with van der Waals surface area (Å²) in [5.41, 5.74) is 2.77. The van der Waals surface area contributed by atoms with Crippen LogP contribution in [-0.4, -0.2) is 45.0 Å². The van der Waals surface area contributed by atoms with Crippen LogP contribution in [-0.2, 0) is 10.0 Å². The Kier molecular flexibility index (Phi) is 5.77. The zero-order valence-corrected chi connectivity index (χ0v) is 17.3. The molecule has 0 aliphatic carbocycles. The van der Waals surface area contributed by atoms with Crippen LogP contribution >= 0.6 is 0 Å². The second-order valence-electron chi connectivity index (χ2n) is 7.29. The predicted octanol–water partition coefficient (Wildman–Crippen LogP) is 3.60. The van der Waals surface area contributed by atoms with Gasteiger partial charge in [-0.15, -0.1) is 0 Å². The molecule has 1 saturated heterocycles. The average molecular weight is 389 g/mol. The van der Waals surface area contributed by atoms with Crippen LogP contribution in [0.5, 0.6) is 5.75 Å². The van der Waals surface area contributed by atoms with Gasteiger partial charge in [-0.25, -0.2) is 8.42 Å². The number of benzene rings is 2. The molecule has 1 aliphatic rings. The SMILES string of the molecule is Cc1ccc(C)c(S(=O)(=O)N2CCN(c3ccccc3OC(C)C)CC2)c1. The summed E-state index contributed by atoms with van der Waals surface area (Å²) in [6.07, 6.45) is 0.0945. The summed E-state index contributed by atoms with van der Waals surface area (Å²) in [5.74, 6) is 0.846. The molecule has 0 amide bonds. The lowest BCUT2D eigenvalue weighted by atomic mass is 10.2. The van der Waals surface area contributed by atoms with Gasteiger partial charge in [0.2, 0.25) is 10.0 Å². The van der Waals surface area contributed by atoms with Gasteiger partial charge in [0.1, 0.15) is 5.75 Å². The van der Waals surface area contributed by atoms with Gasteiger partial charge in [-0.3, -0.25) is 0 Å². The zero-order chi connectivity index (χ0) is 19.6. The minimum Gasteiger partial charge on any atom is -0.489 e. The van der Waals surface area contributed by atoms with Crippen molar-refractivity contribution in [3.05, 3.63) is 53.6 Å². The summed E-state index contributed by atoms with van der Waals surface area (Å²) in [4.78, 5) is 2.62. The van der Waals surface area contributed by atoms with Crippen LogP contribution in [0.1, 0.15) is 25.0 Å². The first-order chi connectivity index (χ1) is 12.8. The molecule has 0 aromatic heterocycles. The van der Waals surface area contributed by atoms with Crippen molar-refractivity contribution in [1.82, 2.24) is 4.31 Å². The molecule has 6 heteroatoms. The number of ether oxygens (including phenoxy) is 1. The van der Waals surface area contributed by atoms with Gasteiger partial charge in [0, 0.05) is 26.2 Å². The first kappa shape index (κ1) is 19.7. The molecule has 0 saturated carbocycles. The Labute approximate surface area is 162 Å². The molecule has 0 radical (unpaired) electrons. The van der Waals surface area contributed by atoms with Crippen molar-refractivity contribution in [1.29, 1.82) is 0 Å². The highest BCUT2D eigenvalue weighted by Gasteiger charge is 2.30. The van der Waals surface area contributed by atoms with Crippen molar-refractivity contribution in [3.63, 3.8) is 0 Å². The van der Waals surface area contributed by atoms with Crippen LogP contribution in [0.2, 0.25) is 0 Å². The second kappa shape index (κ2) is 7.90. The van der Waals surface area contributed by atoms with E-state index in [1.807, 2.05) is 64.1 Å². The lowest BCUT2D eigenvalue weighted by Crippen LogP contribution is -2.48. The molecular formula is C21H28N2O3S. The molecule has 2 aromatic carbocycles. The van der Waals surface area contributed by atoms with E-state index in [1.54, 1.807) is 10.4 Å². The van der Waals surface area contributed by atoms with Gasteiger partial charge in [-0.1, -0.05) is 24.3 Å². The predicted molar refractivity (Wildman–Crippen MR) is 109 cm³/mol. The molecule has 5 nitrogen and oxygen atoms in total. The molecule has 1 aliphatic heterocycles. The Balaban J connectivity index is 1.77. The third kappa shape index (κ3) is 4.28. The third-order valence-electron chi connectivity index (χ3n) is 4.77. The van der Waals surface area contributed by atoms with E-state index in [1.165, 1.54) is 0 Å². The molecule has 0 atom stereocenters. The highest BCUT2D eigenvalue weighted by molar-refractivity contribution is 7.89. The minimum atomic E-state index is -3.47. The Morgan fingerprint density at radius 1 is 0.963 bits per heavy atom. The van der Waals surface area contributed by atoms with Crippen LogP contribution in [0.4, 0.5) is 5.69 Å². The number of hydrogen-bond donors (Lipinski definition) is 0. The van der Waals surface area contributed by atoms with E-state index in [0.717, 1.165) is 22.6 Å². The van der Waals surface area contributed by atoms with Crippen LogP contribution in [0, 0.1) is 13.8 Å². The topological polar surface area (TPSA) is 49.9 Å². The van der Waals surface area contributed by atoms with Crippen molar-refractivity contribution >= 4 is 15.7 Å². The Morgan fingerprint density at radius 2 is 1.63 bits per heavy atom. The maximum absolute atomic E-state index is 13.1. The van der Waals surface area contributed by atoms with Gasteiger partial charge >= 0.3 is 0 Å². The van der Waals surface area contributed by atoms with E-state index in [0.29, 0.717) is 31.1 Å². The molecular weight excluding hydrogens is 360 g/mol. The van der Waals surface area contributed by atoms with Crippen LogP contribution in [0.15, 0.2) is 47.4 Å². The molecule has 3 rings (SSSR count). The van der Waals surface area contributed by atoms with Gasteiger partial charge < -0.3 is 9.64 Å². The monoisotopic (exact) mass is 388 g/mol.